The van der Waals surface area contributed by atoms with Crippen LogP contribution in [0.25, 0.3) is 0 Å². The maximum Gasteiger partial charge on any atom is 0.325 e. The van der Waals surface area contributed by atoms with Gasteiger partial charge in [-0.15, -0.1) is 0 Å². The number of hydrogen-bond acceptors (Lipinski definition) is 6. The molecular weight excluding hydrogens is 544 g/mol. The Balaban J connectivity index is 1.23. The third kappa shape index (κ3) is 7.93. The first-order chi connectivity index (χ1) is 20.9. The van der Waals surface area contributed by atoms with Crippen LogP contribution in [-0.4, -0.2) is 80.8 Å². The second-order valence-electron chi connectivity index (χ2n) is 12.2. The van der Waals surface area contributed by atoms with Gasteiger partial charge >= 0.3 is 6.03 Å². The number of nitrogens with zero attached hydrogens (tertiary/aromatic N) is 3. The van der Waals surface area contributed by atoms with Crippen molar-refractivity contribution in [3.05, 3.63) is 47.5 Å². The molecule has 43 heavy (non-hydrogen) atoms. The number of nitrogens with one attached hydrogen (secondary N) is 1. The van der Waals surface area contributed by atoms with Gasteiger partial charge in [-0.25, -0.2) is 4.79 Å². The SMILES string of the molecule is CCN1CC[C@@H](NC(=O)Cc2ccc(CN3C(=O)N(c4ccc(OC)c(OCCCC5CC5)c4)CC[C@@H]3C)c(OC)c2)C1. The number of urea groups is 1. The number of carbonyl (C=O) groups excluding carboxylic acids is 2. The highest BCUT2D eigenvalue weighted by atomic mass is 16.5. The molecule has 2 atom stereocenters. The first kappa shape index (κ1) is 31.0. The van der Waals surface area contributed by atoms with Crippen molar-refractivity contribution in [2.24, 2.45) is 5.92 Å². The number of amides is 3. The number of hydrogen-bond donors (Lipinski definition) is 1. The van der Waals surface area contributed by atoms with Gasteiger partial charge in [-0.1, -0.05) is 31.9 Å². The normalized spacial score (nSPS) is 20.8. The summed E-state index contributed by atoms with van der Waals surface area (Å²) in [4.78, 5) is 32.7. The maximum atomic E-state index is 13.9. The molecule has 3 fully saturated rings. The molecule has 2 aromatic rings. The van der Waals surface area contributed by atoms with Crippen molar-refractivity contribution >= 4 is 17.6 Å². The van der Waals surface area contributed by atoms with Crippen LogP contribution < -0.4 is 24.4 Å². The summed E-state index contributed by atoms with van der Waals surface area (Å²) >= 11 is 0. The number of ether oxygens (including phenoxy) is 3. The van der Waals surface area contributed by atoms with Gasteiger partial charge in [-0.05, 0) is 68.8 Å². The second-order valence-corrected chi connectivity index (χ2v) is 12.2. The van der Waals surface area contributed by atoms with Crippen LogP contribution in [-0.2, 0) is 17.8 Å². The monoisotopic (exact) mass is 592 g/mol. The van der Waals surface area contributed by atoms with Gasteiger partial charge in [0.15, 0.2) is 11.5 Å². The molecule has 2 aliphatic heterocycles. The van der Waals surface area contributed by atoms with E-state index in [1.807, 2.05) is 46.2 Å². The summed E-state index contributed by atoms with van der Waals surface area (Å²) in [6, 6.07) is 11.8. The second kappa shape index (κ2) is 14.3. The van der Waals surface area contributed by atoms with Gasteiger partial charge < -0.3 is 29.3 Å². The van der Waals surface area contributed by atoms with E-state index in [2.05, 4.69) is 24.1 Å². The molecule has 5 rings (SSSR count). The fourth-order valence-electron chi connectivity index (χ4n) is 6.20. The van der Waals surface area contributed by atoms with E-state index in [4.69, 9.17) is 14.2 Å². The summed E-state index contributed by atoms with van der Waals surface area (Å²) in [5, 5.41) is 3.18. The molecule has 234 valence electrons. The first-order valence-electron chi connectivity index (χ1n) is 15.9. The van der Waals surface area contributed by atoms with E-state index >= 15 is 0 Å². The van der Waals surface area contributed by atoms with Crippen LogP contribution in [0.4, 0.5) is 10.5 Å². The van der Waals surface area contributed by atoms with Crippen LogP contribution in [0, 0.1) is 5.92 Å². The highest BCUT2D eigenvalue weighted by Crippen LogP contribution is 2.36. The van der Waals surface area contributed by atoms with Gasteiger partial charge in [0.1, 0.15) is 5.75 Å². The summed E-state index contributed by atoms with van der Waals surface area (Å²) in [6.45, 7) is 8.88. The van der Waals surface area contributed by atoms with Crippen LogP contribution in [0.15, 0.2) is 36.4 Å². The lowest BCUT2D eigenvalue weighted by Crippen LogP contribution is -2.53. The van der Waals surface area contributed by atoms with Crippen molar-refractivity contribution in [3.63, 3.8) is 0 Å². The Morgan fingerprint density at radius 2 is 1.79 bits per heavy atom. The van der Waals surface area contributed by atoms with Crippen LogP contribution >= 0.6 is 0 Å². The topological polar surface area (TPSA) is 83.6 Å². The van der Waals surface area contributed by atoms with Crippen LogP contribution in [0.3, 0.4) is 0 Å². The molecule has 1 aliphatic carbocycles. The zero-order chi connectivity index (χ0) is 30.3. The number of anilines is 1. The molecule has 0 aromatic heterocycles. The van der Waals surface area contributed by atoms with Crippen molar-refractivity contribution in [3.8, 4) is 17.2 Å². The Morgan fingerprint density at radius 3 is 2.51 bits per heavy atom. The largest absolute Gasteiger partial charge is 0.496 e. The van der Waals surface area contributed by atoms with Gasteiger partial charge in [-0.3, -0.25) is 9.69 Å². The fourth-order valence-corrected chi connectivity index (χ4v) is 6.20. The van der Waals surface area contributed by atoms with E-state index in [9.17, 15) is 9.59 Å². The molecule has 0 bridgehead atoms. The smallest absolute Gasteiger partial charge is 0.325 e. The van der Waals surface area contributed by atoms with E-state index in [-0.39, 0.29) is 24.0 Å². The van der Waals surface area contributed by atoms with Crippen molar-refractivity contribution in [2.45, 2.75) is 77.4 Å². The van der Waals surface area contributed by atoms with Crippen molar-refractivity contribution in [2.75, 3.05) is 51.9 Å². The molecule has 2 aromatic carbocycles. The molecule has 2 saturated heterocycles. The summed E-state index contributed by atoms with van der Waals surface area (Å²) in [5.74, 6) is 2.94. The maximum absolute atomic E-state index is 13.9. The number of benzene rings is 2. The number of methoxy groups -OCH3 is 2. The van der Waals surface area contributed by atoms with Gasteiger partial charge in [0.2, 0.25) is 5.91 Å². The zero-order valence-corrected chi connectivity index (χ0v) is 26.3. The minimum Gasteiger partial charge on any atom is -0.496 e. The van der Waals surface area contributed by atoms with Gasteiger partial charge in [0, 0.05) is 49.0 Å². The molecule has 2 heterocycles. The quantitative estimate of drug-likeness (QED) is 0.302. The van der Waals surface area contributed by atoms with E-state index < -0.39 is 0 Å². The Kier molecular flexibility index (Phi) is 10.3. The molecule has 3 aliphatic rings. The number of likely N-dealkylation sites (N-methyl/N-ethyl adjacent to an activating group) is 1. The Morgan fingerprint density at radius 1 is 0.977 bits per heavy atom. The van der Waals surface area contributed by atoms with E-state index in [1.165, 1.54) is 19.3 Å². The third-order valence-electron chi connectivity index (χ3n) is 9.09. The standard InChI is InChI=1S/C34H48N4O5/c1-5-36-16-15-28(23-36)35-33(39)20-26-10-11-27(31(19-26)42-4)22-38-24(2)14-17-37(34(38)40)29-12-13-30(41-3)32(21-29)43-18-6-7-25-8-9-25/h10-13,19,21,24-25,28H,5-9,14-18,20,22-23H2,1-4H3,(H,35,39)/t24-,28+/m0/s1. The highest BCUT2D eigenvalue weighted by Gasteiger charge is 2.33. The van der Waals surface area contributed by atoms with Crippen LogP contribution in [0.1, 0.15) is 63.5 Å². The third-order valence-corrected chi connectivity index (χ3v) is 9.09. The van der Waals surface area contributed by atoms with E-state index in [1.54, 1.807) is 14.2 Å². The molecular formula is C34H48N4O5. The van der Waals surface area contributed by atoms with Crippen LogP contribution in [0.5, 0.6) is 17.2 Å². The predicted octanol–water partition coefficient (Wildman–Crippen LogP) is 5.25. The van der Waals surface area contributed by atoms with Crippen molar-refractivity contribution in [1.82, 2.24) is 15.1 Å². The lowest BCUT2D eigenvalue weighted by atomic mass is 10.0. The van der Waals surface area contributed by atoms with E-state index in [0.717, 1.165) is 61.6 Å². The lowest BCUT2D eigenvalue weighted by Gasteiger charge is -2.40. The van der Waals surface area contributed by atoms with Crippen molar-refractivity contribution < 1.29 is 23.8 Å². The Labute approximate surface area is 256 Å². The average molecular weight is 593 g/mol. The Bertz CT molecular complexity index is 1270. The number of rotatable bonds is 14. The summed E-state index contributed by atoms with van der Waals surface area (Å²) in [6.07, 6.45) is 7.05. The average Bonchev–Trinajstić information content (AvgIpc) is 3.73. The molecule has 0 radical (unpaired) electrons. The molecule has 9 nitrogen and oxygen atoms in total. The minimum atomic E-state index is -0.0493. The first-order valence-corrected chi connectivity index (χ1v) is 15.9. The number of carbonyl (C=O) groups is 2. The zero-order valence-electron chi connectivity index (χ0n) is 26.3. The van der Waals surface area contributed by atoms with Gasteiger partial charge in [0.05, 0.1) is 33.8 Å². The number of likely N-dealkylation sites (tertiary alicyclic amines) is 1. The summed E-state index contributed by atoms with van der Waals surface area (Å²) in [7, 11) is 3.28. The van der Waals surface area contributed by atoms with Crippen LogP contribution in [0.2, 0.25) is 0 Å². The summed E-state index contributed by atoms with van der Waals surface area (Å²) in [5.41, 5.74) is 2.61. The minimum absolute atomic E-state index is 0.0268. The predicted molar refractivity (Wildman–Crippen MR) is 168 cm³/mol. The van der Waals surface area contributed by atoms with Gasteiger partial charge in [0.25, 0.3) is 0 Å². The molecule has 1 N–H and O–H groups in total. The molecule has 9 heteroatoms. The molecule has 0 unspecified atom stereocenters. The highest BCUT2D eigenvalue weighted by molar-refractivity contribution is 5.93. The summed E-state index contributed by atoms with van der Waals surface area (Å²) < 4.78 is 17.4. The van der Waals surface area contributed by atoms with Crippen molar-refractivity contribution in [1.29, 1.82) is 0 Å². The lowest BCUT2D eigenvalue weighted by molar-refractivity contribution is -0.121. The van der Waals surface area contributed by atoms with Gasteiger partial charge in [-0.2, -0.15) is 0 Å². The Hall–Kier alpha value is -3.46. The van der Waals surface area contributed by atoms with E-state index in [0.29, 0.717) is 43.4 Å². The molecule has 3 amide bonds. The molecule has 1 saturated carbocycles. The fraction of sp³-hybridized carbons (Fsp3) is 0.588. The molecule has 0 spiro atoms.